The van der Waals surface area contributed by atoms with E-state index in [2.05, 4.69) is 6.92 Å². The first-order valence-corrected chi connectivity index (χ1v) is 7.92. The highest BCUT2D eigenvalue weighted by Crippen LogP contribution is 2.29. The highest BCUT2D eigenvalue weighted by molar-refractivity contribution is 7.89. The summed E-state index contributed by atoms with van der Waals surface area (Å²) in [5, 5.41) is 0. The van der Waals surface area contributed by atoms with Gasteiger partial charge < -0.3 is 5.73 Å². The monoisotopic (exact) mass is 304 g/mol. The lowest BCUT2D eigenvalue weighted by Crippen LogP contribution is -2.42. The molecule has 4 nitrogen and oxygen atoms in total. The van der Waals surface area contributed by atoms with E-state index < -0.39 is 26.6 Å². The molecule has 1 aliphatic rings. The summed E-state index contributed by atoms with van der Waals surface area (Å²) in [6, 6.07) is 1.74. The summed E-state index contributed by atoms with van der Waals surface area (Å²) in [5.74, 6) is -2.04. The van der Waals surface area contributed by atoms with Crippen LogP contribution in [0.3, 0.4) is 0 Å². The molecule has 0 aromatic heterocycles. The standard InChI is InChI=1S/C13H18F2N2O2S/c1-8-3-4-17(7-9(8)2)20(18,19)12-6-10(16)5-11(14)13(12)15/h5-6,8-9H,3-4,7,16H2,1-2H3. The van der Waals surface area contributed by atoms with Crippen LogP contribution in [0.15, 0.2) is 17.0 Å². The van der Waals surface area contributed by atoms with Crippen LogP contribution < -0.4 is 5.73 Å². The van der Waals surface area contributed by atoms with Gasteiger partial charge >= 0.3 is 0 Å². The van der Waals surface area contributed by atoms with Gasteiger partial charge in [0.25, 0.3) is 0 Å². The lowest BCUT2D eigenvalue weighted by Gasteiger charge is -2.34. The van der Waals surface area contributed by atoms with Crippen molar-refractivity contribution in [2.24, 2.45) is 11.8 Å². The SMILES string of the molecule is CC1CCN(S(=O)(=O)c2cc(N)cc(F)c2F)CC1C. The van der Waals surface area contributed by atoms with Crippen molar-refractivity contribution in [2.75, 3.05) is 18.8 Å². The summed E-state index contributed by atoms with van der Waals surface area (Å²) in [6.07, 6.45) is 0.701. The smallest absolute Gasteiger partial charge is 0.246 e. The summed E-state index contributed by atoms with van der Waals surface area (Å²) < 4.78 is 53.2. The molecule has 2 N–H and O–H groups in total. The van der Waals surface area contributed by atoms with Gasteiger partial charge in [-0.05, 0) is 30.4 Å². The molecule has 0 aliphatic carbocycles. The zero-order valence-corrected chi connectivity index (χ0v) is 12.3. The van der Waals surface area contributed by atoms with Crippen LogP contribution in [0.25, 0.3) is 0 Å². The summed E-state index contributed by atoms with van der Waals surface area (Å²) in [5.41, 5.74) is 5.30. The first-order chi connectivity index (χ1) is 9.23. The van der Waals surface area contributed by atoms with Crippen LogP contribution in [0.2, 0.25) is 0 Å². The van der Waals surface area contributed by atoms with E-state index in [1.807, 2.05) is 6.92 Å². The van der Waals surface area contributed by atoms with Gasteiger partial charge in [-0.3, -0.25) is 0 Å². The number of anilines is 1. The Hall–Kier alpha value is -1.21. The average molecular weight is 304 g/mol. The van der Waals surface area contributed by atoms with Gasteiger partial charge in [-0.25, -0.2) is 17.2 Å². The Balaban J connectivity index is 2.41. The molecule has 1 aromatic carbocycles. The topological polar surface area (TPSA) is 63.4 Å². The first kappa shape index (κ1) is 15.2. The molecular weight excluding hydrogens is 286 g/mol. The Morgan fingerprint density at radius 3 is 2.50 bits per heavy atom. The molecule has 2 rings (SSSR count). The maximum atomic E-state index is 13.8. The molecule has 7 heteroatoms. The number of sulfonamides is 1. The molecule has 2 unspecified atom stereocenters. The van der Waals surface area contributed by atoms with Crippen molar-refractivity contribution in [3.63, 3.8) is 0 Å². The second-order valence-electron chi connectivity index (χ2n) is 5.42. The maximum absolute atomic E-state index is 13.8. The molecule has 1 aromatic rings. The van der Waals surface area contributed by atoms with Crippen molar-refractivity contribution in [3.8, 4) is 0 Å². The van der Waals surface area contributed by atoms with Gasteiger partial charge in [0.05, 0.1) is 0 Å². The summed E-state index contributed by atoms with van der Waals surface area (Å²) >= 11 is 0. The molecule has 1 aliphatic heterocycles. The van der Waals surface area contributed by atoms with Gasteiger partial charge in [-0.15, -0.1) is 0 Å². The Bertz CT molecular complexity index is 619. The van der Waals surface area contributed by atoms with E-state index in [-0.39, 0.29) is 11.6 Å². The van der Waals surface area contributed by atoms with Crippen LogP contribution in [-0.2, 0) is 10.0 Å². The van der Waals surface area contributed by atoms with Gasteiger partial charge in [-0.1, -0.05) is 13.8 Å². The largest absolute Gasteiger partial charge is 0.399 e. The number of halogens is 2. The van der Waals surface area contributed by atoms with Crippen molar-refractivity contribution in [3.05, 3.63) is 23.8 Å². The predicted molar refractivity (Wildman–Crippen MR) is 72.5 cm³/mol. The molecule has 0 radical (unpaired) electrons. The average Bonchev–Trinajstić information content (AvgIpc) is 2.36. The molecule has 1 saturated heterocycles. The molecule has 0 amide bonds. The highest BCUT2D eigenvalue weighted by atomic mass is 32.2. The third-order valence-corrected chi connectivity index (χ3v) is 5.80. The minimum Gasteiger partial charge on any atom is -0.399 e. The highest BCUT2D eigenvalue weighted by Gasteiger charge is 2.34. The van der Waals surface area contributed by atoms with Gasteiger partial charge in [0.15, 0.2) is 11.6 Å². The van der Waals surface area contributed by atoms with Crippen LogP contribution >= 0.6 is 0 Å². The van der Waals surface area contributed by atoms with Crippen molar-refractivity contribution in [1.29, 1.82) is 0 Å². The number of hydrogen-bond donors (Lipinski definition) is 1. The lowest BCUT2D eigenvalue weighted by molar-refractivity contribution is 0.212. The molecule has 0 spiro atoms. The quantitative estimate of drug-likeness (QED) is 0.852. The third-order valence-electron chi connectivity index (χ3n) is 3.93. The Labute approximate surface area is 117 Å². The van der Waals surface area contributed by atoms with Crippen molar-refractivity contribution < 1.29 is 17.2 Å². The van der Waals surface area contributed by atoms with E-state index in [1.54, 1.807) is 0 Å². The second kappa shape index (κ2) is 5.29. The van der Waals surface area contributed by atoms with E-state index in [1.165, 1.54) is 4.31 Å². The van der Waals surface area contributed by atoms with Crippen LogP contribution in [0.5, 0.6) is 0 Å². The minimum atomic E-state index is -4.06. The Kier molecular flexibility index (Phi) is 4.02. The fourth-order valence-electron chi connectivity index (χ4n) is 2.35. The van der Waals surface area contributed by atoms with Crippen LogP contribution in [0.4, 0.5) is 14.5 Å². The number of nitrogen functional groups attached to an aromatic ring is 1. The maximum Gasteiger partial charge on any atom is 0.246 e. The van der Waals surface area contributed by atoms with Gasteiger partial charge in [0.2, 0.25) is 10.0 Å². The van der Waals surface area contributed by atoms with Crippen LogP contribution in [-0.4, -0.2) is 25.8 Å². The van der Waals surface area contributed by atoms with Crippen LogP contribution in [0, 0.1) is 23.5 Å². The fourth-order valence-corrected chi connectivity index (χ4v) is 4.02. The summed E-state index contributed by atoms with van der Waals surface area (Å²) in [4.78, 5) is -0.684. The number of piperidine rings is 1. The van der Waals surface area contributed by atoms with Gasteiger partial charge in [0, 0.05) is 18.8 Å². The molecule has 0 bridgehead atoms. The van der Waals surface area contributed by atoms with E-state index in [4.69, 9.17) is 5.73 Å². The van der Waals surface area contributed by atoms with Crippen molar-refractivity contribution in [2.45, 2.75) is 25.2 Å². The van der Waals surface area contributed by atoms with Crippen molar-refractivity contribution >= 4 is 15.7 Å². The number of benzene rings is 1. The third kappa shape index (κ3) is 2.64. The molecule has 2 atom stereocenters. The summed E-state index contributed by atoms with van der Waals surface area (Å²) in [7, 11) is -4.06. The van der Waals surface area contributed by atoms with E-state index >= 15 is 0 Å². The van der Waals surface area contributed by atoms with E-state index in [0.717, 1.165) is 12.1 Å². The normalized spacial score (nSPS) is 24.8. The van der Waals surface area contributed by atoms with E-state index in [9.17, 15) is 17.2 Å². The molecular formula is C13H18F2N2O2S. The number of rotatable bonds is 2. The van der Waals surface area contributed by atoms with Crippen molar-refractivity contribution in [1.82, 2.24) is 4.31 Å². The second-order valence-corrected chi connectivity index (χ2v) is 7.33. The zero-order chi connectivity index (χ0) is 15.1. The molecule has 0 saturated carbocycles. The number of nitrogens with zero attached hydrogens (tertiary/aromatic N) is 1. The zero-order valence-electron chi connectivity index (χ0n) is 11.4. The first-order valence-electron chi connectivity index (χ1n) is 6.48. The predicted octanol–water partition coefficient (Wildman–Crippen LogP) is 2.21. The van der Waals surface area contributed by atoms with Gasteiger partial charge in [0.1, 0.15) is 4.90 Å². The Morgan fingerprint density at radius 1 is 1.25 bits per heavy atom. The molecule has 1 heterocycles. The number of nitrogens with two attached hydrogens (primary N) is 1. The minimum absolute atomic E-state index is 0.110. The number of hydrogen-bond acceptors (Lipinski definition) is 3. The molecule has 112 valence electrons. The lowest BCUT2D eigenvalue weighted by atomic mass is 9.90. The Morgan fingerprint density at radius 2 is 1.90 bits per heavy atom. The van der Waals surface area contributed by atoms with Gasteiger partial charge in [-0.2, -0.15) is 4.31 Å². The van der Waals surface area contributed by atoms with Crippen LogP contribution in [0.1, 0.15) is 20.3 Å². The van der Waals surface area contributed by atoms with E-state index in [0.29, 0.717) is 25.4 Å². The summed E-state index contributed by atoms with van der Waals surface area (Å²) in [6.45, 7) is 4.61. The fraction of sp³-hybridized carbons (Fsp3) is 0.538. The molecule has 20 heavy (non-hydrogen) atoms. The molecule has 1 fully saturated rings.